The predicted molar refractivity (Wildman–Crippen MR) is 173 cm³/mol. The van der Waals surface area contributed by atoms with Crippen molar-refractivity contribution in [2.75, 3.05) is 13.2 Å². The van der Waals surface area contributed by atoms with Gasteiger partial charge < -0.3 is 53.4 Å². The second-order valence-electron chi connectivity index (χ2n) is 12.1. The third-order valence-corrected chi connectivity index (χ3v) is 7.14. The number of rotatable bonds is 20. The van der Waals surface area contributed by atoms with Gasteiger partial charge in [-0.2, -0.15) is 0 Å². The standard InChI is InChI=1S/C28H53N7O8.C2H4O2/c1-8-16(6)22(35-24(38)18(30)13-36)27(41)32-19(11-9-10-12-29)25(39)33-20(14(2)3)26(40)31-17(7)23(37)34-21(15(4)5)28(42)43;1-2(3)4/h14-22,36H,8-13,29-30H2,1-7H3,(H,31,40)(H,32,41)(H,33,39)(H,34,37)(H,35,38)(H,42,43);1H3,(H,3,4). The van der Waals surface area contributed by atoms with Crippen molar-refractivity contribution in [3.63, 3.8) is 0 Å². The van der Waals surface area contributed by atoms with E-state index in [0.717, 1.165) is 6.92 Å². The molecule has 272 valence electrons. The third-order valence-electron chi connectivity index (χ3n) is 7.14. The lowest BCUT2D eigenvalue weighted by Crippen LogP contribution is -2.60. The van der Waals surface area contributed by atoms with Gasteiger partial charge in [0.1, 0.15) is 36.3 Å². The summed E-state index contributed by atoms with van der Waals surface area (Å²) in [6.07, 6.45) is 1.78. The van der Waals surface area contributed by atoms with Gasteiger partial charge in [-0.05, 0) is 50.5 Å². The van der Waals surface area contributed by atoms with Crippen LogP contribution in [-0.4, -0.2) is 106 Å². The summed E-state index contributed by atoms with van der Waals surface area (Å²) in [5, 5.41) is 38.8. The molecule has 0 aromatic rings. The van der Waals surface area contributed by atoms with Crippen molar-refractivity contribution in [1.29, 1.82) is 0 Å². The number of carbonyl (C=O) groups excluding carboxylic acids is 5. The molecule has 0 heterocycles. The molecular formula is C30H57N7O10. The van der Waals surface area contributed by atoms with E-state index in [1.807, 2.05) is 6.92 Å². The summed E-state index contributed by atoms with van der Waals surface area (Å²) in [4.78, 5) is 85.2. The van der Waals surface area contributed by atoms with Gasteiger partial charge in [-0.15, -0.1) is 0 Å². The SMILES string of the molecule is CC(=O)O.CCC(C)C(NC(=O)C(N)CO)C(=O)NC(CCCCN)C(=O)NC(C(=O)NC(C)C(=O)NC(C(=O)O)C(C)C)C(C)C. The van der Waals surface area contributed by atoms with Gasteiger partial charge in [0.2, 0.25) is 29.5 Å². The zero-order chi connectivity index (χ0) is 37.0. The van der Waals surface area contributed by atoms with Crippen LogP contribution in [0.5, 0.6) is 0 Å². The maximum absolute atomic E-state index is 13.4. The smallest absolute Gasteiger partial charge is 0.326 e. The number of hydrogen-bond donors (Lipinski definition) is 10. The summed E-state index contributed by atoms with van der Waals surface area (Å²) in [6, 6.07) is -6.68. The van der Waals surface area contributed by atoms with E-state index in [2.05, 4.69) is 26.6 Å². The van der Waals surface area contributed by atoms with Gasteiger partial charge in [0.25, 0.3) is 5.97 Å². The maximum Gasteiger partial charge on any atom is 0.326 e. The minimum atomic E-state index is -1.22. The van der Waals surface area contributed by atoms with Crippen molar-refractivity contribution >= 4 is 41.5 Å². The lowest BCUT2D eigenvalue weighted by atomic mass is 9.96. The highest BCUT2D eigenvalue weighted by molar-refractivity contribution is 5.96. The summed E-state index contributed by atoms with van der Waals surface area (Å²) in [7, 11) is 0. The number of aliphatic hydroxyl groups is 1. The molecule has 0 spiro atoms. The zero-order valence-corrected chi connectivity index (χ0v) is 28.8. The van der Waals surface area contributed by atoms with Crippen LogP contribution in [-0.2, 0) is 33.6 Å². The lowest BCUT2D eigenvalue weighted by molar-refractivity contribution is -0.143. The Kier molecular flexibility index (Phi) is 22.6. The number of carbonyl (C=O) groups is 7. The van der Waals surface area contributed by atoms with Crippen LogP contribution in [0.25, 0.3) is 0 Å². The van der Waals surface area contributed by atoms with E-state index in [-0.39, 0.29) is 12.3 Å². The van der Waals surface area contributed by atoms with Crippen LogP contribution in [0.15, 0.2) is 0 Å². The van der Waals surface area contributed by atoms with Crippen molar-refractivity contribution in [2.45, 2.75) is 117 Å². The van der Waals surface area contributed by atoms with E-state index in [1.165, 1.54) is 6.92 Å². The molecule has 17 heteroatoms. The molecule has 0 aliphatic rings. The molecule has 0 aliphatic heterocycles. The van der Waals surface area contributed by atoms with Gasteiger partial charge >= 0.3 is 5.97 Å². The Bertz CT molecular complexity index is 1040. The number of hydrogen-bond acceptors (Lipinski definition) is 10. The predicted octanol–water partition coefficient (Wildman–Crippen LogP) is -1.59. The third kappa shape index (κ3) is 18.2. The first-order chi connectivity index (χ1) is 21.7. The van der Waals surface area contributed by atoms with Crippen LogP contribution in [0.1, 0.15) is 81.1 Å². The molecule has 0 aliphatic carbocycles. The number of nitrogens with one attached hydrogen (secondary N) is 5. The van der Waals surface area contributed by atoms with Crippen LogP contribution in [0, 0.1) is 17.8 Å². The molecule has 0 fully saturated rings. The normalized spacial score (nSPS) is 15.3. The van der Waals surface area contributed by atoms with Gasteiger partial charge in [-0.1, -0.05) is 48.0 Å². The molecule has 47 heavy (non-hydrogen) atoms. The van der Waals surface area contributed by atoms with E-state index >= 15 is 0 Å². The first kappa shape index (κ1) is 45.3. The molecule has 7 atom stereocenters. The summed E-state index contributed by atoms with van der Waals surface area (Å²) in [5.74, 6) is -6.55. The minimum absolute atomic E-state index is 0.198. The molecule has 0 aromatic heterocycles. The Balaban J connectivity index is 0. The number of nitrogens with two attached hydrogens (primary N) is 2. The molecule has 7 unspecified atom stereocenters. The van der Waals surface area contributed by atoms with Crippen molar-refractivity contribution < 1.29 is 48.9 Å². The second kappa shape index (κ2) is 23.5. The highest BCUT2D eigenvalue weighted by atomic mass is 16.4. The lowest BCUT2D eigenvalue weighted by Gasteiger charge is -2.29. The Labute approximate surface area is 276 Å². The van der Waals surface area contributed by atoms with Crippen molar-refractivity contribution in [1.82, 2.24) is 26.6 Å². The van der Waals surface area contributed by atoms with Crippen LogP contribution in [0.3, 0.4) is 0 Å². The van der Waals surface area contributed by atoms with E-state index in [9.17, 15) is 39.0 Å². The Morgan fingerprint density at radius 3 is 1.55 bits per heavy atom. The largest absolute Gasteiger partial charge is 0.481 e. The number of carboxylic acid groups (broad SMARTS) is 2. The van der Waals surface area contributed by atoms with Crippen LogP contribution < -0.4 is 38.1 Å². The van der Waals surface area contributed by atoms with E-state index in [0.29, 0.717) is 25.8 Å². The summed E-state index contributed by atoms with van der Waals surface area (Å²) < 4.78 is 0. The van der Waals surface area contributed by atoms with Crippen LogP contribution >= 0.6 is 0 Å². The Hall–Kier alpha value is -3.83. The average molecular weight is 676 g/mol. The van der Waals surface area contributed by atoms with Gasteiger partial charge in [-0.25, -0.2) is 4.79 Å². The van der Waals surface area contributed by atoms with E-state index < -0.39 is 96.2 Å². The number of aliphatic hydroxyl groups excluding tert-OH is 1. The average Bonchev–Trinajstić information content (AvgIpc) is 2.98. The van der Waals surface area contributed by atoms with E-state index in [1.54, 1.807) is 34.6 Å². The molecule has 0 saturated heterocycles. The molecule has 17 nitrogen and oxygen atoms in total. The van der Waals surface area contributed by atoms with Gasteiger partial charge in [0.15, 0.2) is 0 Å². The van der Waals surface area contributed by atoms with Crippen LogP contribution in [0.4, 0.5) is 0 Å². The number of unbranched alkanes of at least 4 members (excludes halogenated alkanes) is 1. The number of aliphatic carboxylic acids is 2. The summed E-state index contributed by atoms with van der Waals surface area (Å²) >= 11 is 0. The van der Waals surface area contributed by atoms with Crippen molar-refractivity contribution in [3.8, 4) is 0 Å². The summed E-state index contributed by atoms with van der Waals surface area (Å²) in [6.45, 7) is 12.5. The second-order valence-corrected chi connectivity index (χ2v) is 12.1. The fourth-order valence-electron chi connectivity index (χ4n) is 4.02. The molecule has 0 aromatic carbocycles. The van der Waals surface area contributed by atoms with Crippen molar-refractivity contribution in [2.24, 2.45) is 29.2 Å². The minimum Gasteiger partial charge on any atom is -0.481 e. The highest BCUT2D eigenvalue weighted by Crippen LogP contribution is 2.11. The van der Waals surface area contributed by atoms with E-state index in [4.69, 9.17) is 21.4 Å². The quantitative estimate of drug-likeness (QED) is 0.0654. The monoisotopic (exact) mass is 675 g/mol. The molecule has 0 bridgehead atoms. The Morgan fingerprint density at radius 2 is 1.13 bits per heavy atom. The fourth-order valence-corrected chi connectivity index (χ4v) is 4.02. The molecule has 5 amide bonds. The number of carboxylic acids is 2. The Morgan fingerprint density at radius 1 is 0.660 bits per heavy atom. The first-order valence-electron chi connectivity index (χ1n) is 15.8. The molecule has 0 radical (unpaired) electrons. The number of amides is 5. The molecular weight excluding hydrogens is 618 g/mol. The van der Waals surface area contributed by atoms with Gasteiger partial charge in [0.05, 0.1) is 6.61 Å². The molecule has 12 N–H and O–H groups in total. The van der Waals surface area contributed by atoms with Crippen LogP contribution in [0.2, 0.25) is 0 Å². The van der Waals surface area contributed by atoms with Gasteiger partial charge in [-0.3, -0.25) is 28.8 Å². The molecule has 0 rings (SSSR count). The van der Waals surface area contributed by atoms with Gasteiger partial charge in [0, 0.05) is 6.92 Å². The summed E-state index contributed by atoms with van der Waals surface area (Å²) in [5.41, 5.74) is 11.2. The molecule has 0 saturated carbocycles. The zero-order valence-electron chi connectivity index (χ0n) is 28.8. The first-order valence-corrected chi connectivity index (χ1v) is 15.8. The van der Waals surface area contributed by atoms with Crippen molar-refractivity contribution in [3.05, 3.63) is 0 Å². The maximum atomic E-state index is 13.4. The highest BCUT2D eigenvalue weighted by Gasteiger charge is 2.34. The topological polar surface area (TPSA) is 292 Å². The fraction of sp³-hybridized carbons (Fsp3) is 0.767.